The average Bonchev–Trinajstić information content (AvgIpc) is 3.07. The van der Waals surface area contributed by atoms with Crippen LogP contribution in [0.15, 0.2) is 30.3 Å². The van der Waals surface area contributed by atoms with Crippen molar-refractivity contribution < 1.29 is 5.11 Å². The van der Waals surface area contributed by atoms with Crippen molar-refractivity contribution in [3.8, 4) is 0 Å². The first-order valence-corrected chi connectivity index (χ1v) is 6.27. The predicted molar refractivity (Wildman–Crippen MR) is 63.9 cm³/mol. The number of hydrogen-bond acceptors (Lipinski definition) is 2. The maximum absolute atomic E-state index is 9.97. The molecule has 1 aliphatic carbocycles. The Hall–Kier alpha value is -0.860. The Bertz CT molecular complexity index is 341. The summed E-state index contributed by atoms with van der Waals surface area (Å²) in [5.74, 6) is 1.17. The second-order valence-corrected chi connectivity index (χ2v) is 5.27. The van der Waals surface area contributed by atoms with Gasteiger partial charge < -0.3 is 5.11 Å². The lowest BCUT2D eigenvalue weighted by atomic mass is 9.90. The summed E-state index contributed by atoms with van der Waals surface area (Å²) in [6, 6.07) is 10.6. The summed E-state index contributed by atoms with van der Waals surface area (Å²) < 4.78 is 0. The van der Waals surface area contributed by atoms with Gasteiger partial charge in [-0.25, -0.2) is 0 Å². The monoisotopic (exact) mass is 217 g/mol. The topological polar surface area (TPSA) is 23.5 Å². The first-order chi connectivity index (χ1) is 7.83. The van der Waals surface area contributed by atoms with Crippen molar-refractivity contribution >= 4 is 0 Å². The third kappa shape index (κ3) is 2.13. The highest BCUT2D eigenvalue weighted by molar-refractivity contribution is 5.15. The van der Waals surface area contributed by atoms with Crippen molar-refractivity contribution in [1.82, 2.24) is 4.90 Å². The van der Waals surface area contributed by atoms with Crippen LogP contribution >= 0.6 is 0 Å². The van der Waals surface area contributed by atoms with Crippen LogP contribution in [0.4, 0.5) is 0 Å². The SMILES string of the molecule is OC(C1CC1)C1CN(Cc2ccccc2)C1. The van der Waals surface area contributed by atoms with E-state index in [4.69, 9.17) is 0 Å². The fourth-order valence-electron chi connectivity index (χ4n) is 2.62. The molecule has 1 saturated carbocycles. The molecule has 2 heteroatoms. The summed E-state index contributed by atoms with van der Waals surface area (Å²) in [5.41, 5.74) is 1.38. The fraction of sp³-hybridized carbons (Fsp3) is 0.571. The third-order valence-corrected chi connectivity index (χ3v) is 3.82. The Kier molecular flexibility index (Phi) is 2.70. The molecular formula is C14H19NO. The first kappa shape index (κ1) is 10.3. The molecule has 1 atom stereocenters. The second-order valence-electron chi connectivity index (χ2n) is 5.27. The number of rotatable bonds is 4. The van der Waals surface area contributed by atoms with Crippen LogP contribution in [0, 0.1) is 11.8 Å². The molecule has 3 rings (SSSR count). The highest BCUT2D eigenvalue weighted by Crippen LogP contribution is 2.38. The molecule has 2 nitrogen and oxygen atoms in total. The quantitative estimate of drug-likeness (QED) is 0.832. The van der Waals surface area contributed by atoms with Gasteiger partial charge in [0, 0.05) is 25.6 Å². The number of aliphatic hydroxyl groups excluding tert-OH is 1. The van der Waals surface area contributed by atoms with Crippen molar-refractivity contribution in [2.45, 2.75) is 25.5 Å². The lowest BCUT2D eigenvalue weighted by Gasteiger charge is -2.42. The van der Waals surface area contributed by atoms with Crippen LogP contribution in [0.5, 0.6) is 0 Å². The van der Waals surface area contributed by atoms with Crippen molar-refractivity contribution in [1.29, 1.82) is 0 Å². The number of nitrogens with zero attached hydrogens (tertiary/aromatic N) is 1. The second kappa shape index (κ2) is 4.19. The van der Waals surface area contributed by atoms with Crippen molar-refractivity contribution in [3.63, 3.8) is 0 Å². The molecule has 0 spiro atoms. The normalized spacial score (nSPS) is 24.1. The van der Waals surface area contributed by atoms with Gasteiger partial charge in [0.2, 0.25) is 0 Å². The van der Waals surface area contributed by atoms with Gasteiger partial charge >= 0.3 is 0 Å². The van der Waals surface area contributed by atoms with Gasteiger partial charge in [0.25, 0.3) is 0 Å². The van der Waals surface area contributed by atoms with Crippen LogP contribution < -0.4 is 0 Å². The standard InChI is InChI=1S/C14H19NO/c16-14(12-6-7-12)13-9-15(10-13)8-11-4-2-1-3-5-11/h1-5,12-14,16H,6-10H2. The lowest BCUT2D eigenvalue weighted by molar-refractivity contribution is -0.0186. The van der Waals surface area contributed by atoms with E-state index < -0.39 is 0 Å². The van der Waals surface area contributed by atoms with Crippen LogP contribution in [0.25, 0.3) is 0 Å². The summed E-state index contributed by atoms with van der Waals surface area (Å²) in [4.78, 5) is 2.42. The molecule has 86 valence electrons. The Balaban J connectivity index is 1.47. The molecule has 1 saturated heterocycles. The van der Waals surface area contributed by atoms with E-state index in [2.05, 4.69) is 35.2 Å². The van der Waals surface area contributed by atoms with Gasteiger partial charge in [-0.05, 0) is 24.3 Å². The largest absolute Gasteiger partial charge is 0.392 e. The Morgan fingerprint density at radius 2 is 1.81 bits per heavy atom. The molecule has 1 aromatic carbocycles. The van der Waals surface area contributed by atoms with E-state index in [1.165, 1.54) is 18.4 Å². The molecule has 1 N–H and O–H groups in total. The van der Waals surface area contributed by atoms with Gasteiger partial charge in [-0.3, -0.25) is 4.90 Å². The Labute approximate surface area is 96.9 Å². The van der Waals surface area contributed by atoms with E-state index in [9.17, 15) is 5.11 Å². The number of benzene rings is 1. The van der Waals surface area contributed by atoms with Crippen molar-refractivity contribution in [2.24, 2.45) is 11.8 Å². The van der Waals surface area contributed by atoms with Gasteiger partial charge in [0.15, 0.2) is 0 Å². The number of hydrogen-bond donors (Lipinski definition) is 1. The Morgan fingerprint density at radius 3 is 2.44 bits per heavy atom. The molecule has 1 aliphatic heterocycles. The minimum absolute atomic E-state index is 0.0213. The number of likely N-dealkylation sites (tertiary alicyclic amines) is 1. The van der Waals surface area contributed by atoms with Crippen LogP contribution in [-0.2, 0) is 6.54 Å². The molecule has 0 amide bonds. The Morgan fingerprint density at radius 1 is 1.12 bits per heavy atom. The molecular weight excluding hydrogens is 198 g/mol. The van der Waals surface area contributed by atoms with E-state index in [1.54, 1.807) is 0 Å². The van der Waals surface area contributed by atoms with E-state index in [1.807, 2.05) is 0 Å². The molecule has 1 unspecified atom stereocenters. The van der Waals surface area contributed by atoms with Gasteiger partial charge in [-0.1, -0.05) is 30.3 Å². The molecule has 0 bridgehead atoms. The predicted octanol–water partition coefficient (Wildman–Crippen LogP) is 1.89. The minimum Gasteiger partial charge on any atom is -0.392 e. The zero-order chi connectivity index (χ0) is 11.0. The first-order valence-electron chi connectivity index (χ1n) is 6.27. The average molecular weight is 217 g/mol. The van der Waals surface area contributed by atoms with E-state index in [-0.39, 0.29) is 6.10 Å². The van der Waals surface area contributed by atoms with E-state index in [0.717, 1.165) is 19.6 Å². The molecule has 0 radical (unpaired) electrons. The minimum atomic E-state index is -0.0213. The van der Waals surface area contributed by atoms with Gasteiger partial charge in [0.1, 0.15) is 0 Å². The maximum Gasteiger partial charge on any atom is 0.0621 e. The van der Waals surface area contributed by atoms with Crippen molar-refractivity contribution in [2.75, 3.05) is 13.1 Å². The molecule has 0 aromatic heterocycles. The number of aliphatic hydroxyl groups is 1. The molecule has 16 heavy (non-hydrogen) atoms. The molecule has 1 aromatic rings. The molecule has 2 aliphatic rings. The van der Waals surface area contributed by atoms with Crippen molar-refractivity contribution in [3.05, 3.63) is 35.9 Å². The van der Waals surface area contributed by atoms with Gasteiger partial charge in [-0.15, -0.1) is 0 Å². The van der Waals surface area contributed by atoms with Crippen LogP contribution in [0.3, 0.4) is 0 Å². The van der Waals surface area contributed by atoms with Crippen LogP contribution in [0.1, 0.15) is 18.4 Å². The zero-order valence-electron chi connectivity index (χ0n) is 9.55. The fourth-order valence-corrected chi connectivity index (χ4v) is 2.62. The summed E-state index contributed by atoms with van der Waals surface area (Å²) in [6.45, 7) is 3.19. The maximum atomic E-state index is 9.97. The molecule has 1 heterocycles. The summed E-state index contributed by atoms with van der Waals surface area (Å²) >= 11 is 0. The van der Waals surface area contributed by atoms with E-state index in [0.29, 0.717) is 11.8 Å². The van der Waals surface area contributed by atoms with Crippen LogP contribution in [-0.4, -0.2) is 29.2 Å². The smallest absolute Gasteiger partial charge is 0.0621 e. The zero-order valence-corrected chi connectivity index (χ0v) is 9.55. The lowest BCUT2D eigenvalue weighted by Crippen LogP contribution is -2.51. The van der Waals surface area contributed by atoms with Gasteiger partial charge in [0.05, 0.1) is 6.10 Å². The summed E-state index contributed by atoms with van der Waals surface area (Å²) in [5, 5.41) is 9.97. The van der Waals surface area contributed by atoms with Crippen LogP contribution in [0.2, 0.25) is 0 Å². The molecule has 2 fully saturated rings. The highest BCUT2D eigenvalue weighted by Gasteiger charge is 2.40. The summed E-state index contributed by atoms with van der Waals surface area (Å²) in [6.07, 6.45) is 2.47. The summed E-state index contributed by atoms with van der Waals surface area (Å²) in [7, 11) is 0. The third-order valence-electron chi connectivity index (χ3n) is 3.82. The van der Waals surface area contributed by atoms with E-state index >= 15 is 0 Å². The van der Waals surface area contributed by atoms with Gasteiger partial charge in [-0.2, -0.15) is 0 Å². The highest BCUT2D eigenvalue weighted by atomic mass is 16.3.